The zero-order chi connectivity index (χ0) is 13.0. The number of carbonyl (C=O) groups is 1. The topological polar surface area (TPSA) is 55.1 Å². The highest BCUT2D eigenvalue weighted by Crippen LogP contribution is 2.26. The number of anilines is 2. The maximum atomic E-state index is 12.9. The SMILES string of the molecule is Nc1cc(F)ccc1NC(=O)C1CCCCCC1. The minimum Gasteiger partial charge on any atom is -0.397 e. The first-order chi connectivity index (χ1) is 8.66. The van der Waals surface area contributed by atoms with Crippen molar-refractivity contribution >= 4 is 17.3 Å². The molecule has 0 atom stereocenters. The van der Waals surface area contributed by atoms with Crippen molar-refractivity contribution in [3.05, 3.63) is 24.0 Å². The van der Waals surface area contributed by atoms with Gasteiger partial charge in [0.05, 0.1) is 11.4 Å². The van der Waals surface area contributed by atoms with Crippen LogP contribution in [-0.2, 0) is 4.79 Å². The van der Waals surface area contributed by atoms with Crippen LogP contribution in [0.2, 0.25) is 0 Å². The molecular weight excluding hydrogens is 231 g/mol. The number of hydrogen-bond acceptors (Lipinski definition) is 2. The van der Waals surface area contributed by atoms with Crippen LogP contribution in [0.5, 0.6) is 0 Å². The molecule has 0 aliphatic heterocycles. The van der Waals surface area contributed by atoms with Gasteiger partial charge in [0.25, 0.3) is 0 Å². The van der Waals surface area contributed by atoms with E-state index >= 15 is 0 Å². The van der Waals surface area contributed by atoms with E-state index < -0.39 is 0 Å². The lowest BCUT2D eigenvalue weighted by Gasteiger charge is -2.15. The van der Waals surface area contributed by atoms with Crippen molar-refractivity contribution in [2.24, 2.45) is 5.92 Å². The molecule has 1 aliphatic rings. The minimum atomic E-state index is -0.389. The van der Waals surface area contributed by atoms with Crippen LogP contribution in [-0.4, -0.2) is 5.91 Å². The van der Waals surface area contributed by atoms with Crippen molar-refractivity contribution in [1.82, 2.24) is 0 Å². The fraction of sp³-hybridized carbons (Fsp3) is 0.500. The van der Waals surface area contributed by atoms with Crippen LogP contribution in [0.4, 0.5) is 15.8 Å². The van der Waals surface area contributed by atoms with Crippen LogP contribution >= 0.6 is 0 Å². The van der Waals surface area contributed by atoms with E-state index in [9.17, 15) is 9.18 Å². The largest absolute Gasteiger partial charge is 0.397 e. The second-order valence-electron chi connectivity index (χ2n) is 4.91. The number of carbonyl (C=O) groups excluding carboxylic acids is 1. The molecule has 0 radical (unpaired) electrons. The lowest BCUT2D eigenvalue weighted by atomic mass is 9.99. The predicted octanol–water partition coefficient (Wildman–Crippen LogP) is 3.32. The molecule has 1 fully saturated rings. The summed E-state index contributed by atoms with van der Waals surface area (Å²) in [5, 5.41) is 2.80. The highest BCUT2D eigenvalue weighted by molar-refractivity contribution is 5.95. The Hall–Kier alpha value is -1.58. The molecule has 0 unspecified atom stereocenters. The van der Waals surface area contributed by atoms with Crippen LogP contribution in [0, 0.1) is 11.7 Å². The molecular formula is C14H19FN2O. The highest BCUT2D eigenvalue weighted by Gasteiger charge is 2.20. The van der Waals surface area contributed by atoms with Crippen LogP contribution in [0.25, 0.3) is 0 Å². The summed E-state index contributed by atoms with van der Waals surface area (Å²) in [6.45, 7) is 0. The summed E-state index contributed by atoms with van der Waals surface area (Å²) in [6, 6.07) is 4.04. The smallest absolute Gasteiger partial charge is 0.227 e. The Balaban J connectivity index is 2.01. The van der Waals surface area contributed by atoms with Crippen LogP contribution in [0.15, 0.2) is 18.2 Å². The third kappa shape index (κ3) is 3.22. The molecule has 1 aliphatic carbocycles. The van der Waals surface area contributed by atoms with Crippen LogP contribution in [0.1, 0.15) is 38.5 Å². The average molecular weight is 250 g/mol. The summed E-state index contributed by atoms with van der Waals surface area (Å²) in [4.78, 5) is 12.1. The molecule has 18 heavy (non-hydrogen) atoms. The minimum absolute atomic E-state index is 0.00945. The summed E-state index contributed by atoms with van der Waals surface area (Å²) in [7, 11) is 0. The molecule has 1 amide bonds. The Kier molecular flexibility index (Phi) is 4.18. The van der Waals surface area contributed by atoms with Crippen molar-refractivity contribution in [3.8, 4) is 0 Å². The number of nitrogen functional groups attached to an aromatic ring is 1. The van der Waals surface area contributed by atoms with E-state index in [1.165, 1.54) is 31.0 Å². The molecule has 1 aromatic rings. The molecule has 0 heterocycles. The fourth-order valence-corrected chi connectivity index (χ4v) is 2.42. The molecule has 0 saturated heterocycles. The summed E-state index contributed by atoms with van der Waals surface area (Å²) < 4.78 is 12.9. The Labute approximate surface area is 107 Å². The number of hydrogen-bond donors (Lipinski definition) is 2. The van der Waals surface area contributed by atoms with Gasteiger partial charge in [0.2, 0.25) is 5.91 Å². The molecule has 3 nitrogen and oxygen atoms in total. The van der Waals surface area contributed by atoms with E-state index in [0.29, 0.717) is 5.69 Å². The monoisotopic (exact) mass is 250 g/mol. The molecule has 1 aromatic carbocycles. The van der Waals surface area contributed by atoms with Gasteiger partial charge in [-0.25, -0.2) is 4.39 Å². The number of amides is 1. The van der Waals surface area contributed by atoms with Gasteiger partial charge in [-0.15, -0.1) is 0 Å². The van der Waals surface area contributed by atoms with Gasteiger partial charge in [0.15, 0.2) is 0 Å². The first kappa shape index (κ1) is 12.9. The molecule has 1 saturated carbocycles. The second kappa shape index (κ2) is 5.85. The number of rotatable bonds is 2. The van der Waals surface area contributed by atoms with Gasteiger partial charge in [-0.3, -0.25) is 4.79 Å². The zero-order valence-corrected chi connectivity index (χ0v) is 10.4. The summed E-state index contributed by atoms with van der Waals surface area (Å²) in [5.41, 5.74) is 6.46. The normalized spacial score (nSPS) is 17.2. The van der Waals surface area contributed by atoms with Crippen LogP contribution < -0.4 is 11.1 Å². The van der Waals surface area contributed by atoms with Gasteiger partial charge in [0.1, 0.15) is 5.82 Å². The lowest BCUT2D eigenvalue weighted by Crippen LogP contribution is -2.22. The van der Waals surface area contributed by atoms with E-state index in [0.717, 1.165) is 25.7 Å². The van der Waals surface area contributed by atoms with E-state index in [2.05, 4.69) is 5.32 Å². The molecule has 2 rings (SSSR count). The predicted molar refractivity (Wildman–Crippen MR) is 70.6 cm³/mol. The standard InChI is InChI=1S/C14H19FN2O/c15-11-7-8-13(12(16)9-11)17-14(18)10-5-3-1-2-4-6-10/h7-10H,1-6,16H2,(H,17,18). The number of nitrogens with two attached hydrogens (primary N) is 1. The second-order valence-corrected chi connectivity index (χ2v) is 4.91. The molecule has 4 heteroatoms. The van der Waals surface area contributed by atoms with E-state index in [4.69, 9.17) is 5.73 Å². The zero-order valence-electron chi connectivity index (χ0n) is 10.4. The summed E-state index contributed by atoms with van der Waals surface area (Å²) in [6.07, 6.45) is 6.51. The van der Waals surface area contributed by atoms with Crippen molar-refractivity contribution < 1.29 is 9.18 Å². The third-order valence-corrected chi connectivity index (χ3v) is 3.50. The Bertz CT molecular complexity index is 426. The maximum absolute atomic E-state index is 12.9. The van der Waals surface area contributed by atoms with Gasteiger partial charge < -0.3 is 11.1 Å². The van der Waals surface area contributed by atoms with Crippen molar-refractivity contribution in [1.29, 1.82) is 0 Å². The number of nitrogens with one attached hydrogen (secondary N) is 1. The Morgan fingerprint density at radius 3 is 2.50 bits per heavy atom. The van der Waals surface area contributed by atoms with Crippen molar-refractivity contribution in [2.75, 3.05) is 11.1 Å². The first-order valence-corrected chi connectivity index (χ1v) is 6.52. The molecule has 0 spiro atoms. The first-order valence-electron chi connectivity index (χ1n) is 6.52. The van der Waals surface area contributed by atoms with Gasteiger partial charge >= 0.3 is 0 Å². The van der Waals surface area contributed by atoms with Crippen molar-refractivity contribution in [3.63, 3.8) is 0 Å². The van der Waals surface area contributed by atoms with E-state index in [1.807, 2.05) is 0 Å². The molecule has 0 bridgehead atoms. The quantitative estimate of drug-likeness (QED) is 0.625. The molecule has 0 aromatic heterocycles. The van der Waals surface area contributed by atoms with E-state index in [-0.39, 0.29) is 23.3 Å². The van der Waals surface area contributed by atoms with Gasteiger partial charge in [-0.05, 0) is 31.0 Å². The third-order valence-electron chi connectivity index (χ3n) is 3.50. The molecule has 98 valence electrons. The fourth-order valence-electron chi connectivity index (χ4n) is 2.42. The summed E-state index contributed by atoms with van der Waals surface area (Å²) >= 11 is 0. The Morgan fingerprint density at radius 2 is 1.89 bits per heavy atom. The lowest BCUT2D eigenvalue weighted by molar-refractivity contribution is -0.120. The van der Waals surface area contributed by atoms with E-state index in [1.54, 1.807) is 0 Å². The van der Waals surface area contributed by atoms with Crippen molar-refractivity contribution in [2.45, 2.75) is 38.5 Å². The maximum Gasteiger partial charge on any atom is 0.227 e. The van der Waals surface area contributed by atoms with Gasteiger partial charge in [-0.2, -0.15) is 0 Å². The van der Waals surface area contributed by atoms with Gasteiger partial charge in [0, 0.05) is 5.92 Å². The highest BCUT2D eigenvalue weighted by atomic mass is 19.1. The summed E-state index contributed by atoms with van der Waals surface area (Å²) in [5.74, 6) is -0.313. The molecule has 3 N–H and O–H groups in total. The number of halogens is 1. The van der Waals surface area contributed by atoms with Gasteiger partial charge in [-0.1, -0.05) is 25.7 Å². The van der Waals surface area contributed by atoms with Crippen LogP contribution in [0.3, 0.4) is 0 Å². The number of benzene rings is 1. The Morgan fingerprint density at radius 1 is 1.22 bits per heavy atom. The average Bonchev–Trinajstić information content (AvgIpc) is 2.61.